The predicted molar refractivity (Wildman–Crippen MR) is 169 cm³/mol. The summed E-state index contributed by atoms with van der Waals surface area (Å²) in [7, 11) is 0.817. The molecule has 0 bridgehead atoms. The van der Waals surface area contributed by atoms with Crippen molar-refractivity contribution in [3.8, 4) is 32.9 Å². The SMILES string of the molecule is CNC(=O)c1c(-c2ccc(F)cc2)oc2cc(N(C)S(C)(=O)=O)c(-c3cnc(COC)c(-c4cc5cncnc5s4)c3)cc12. The first-order valence-electron chi connectivity index (χ1n) is 13.3. The van der Waals surface area contributed by atoms with Gasteiger partial charge in [0.15, 0.2) is 0 Å². The maximum Gasteiger partial charge on any atom is 0.255 e. The Bertz CT molecular complexity index is 2130. The maximum absolute atomic E-state index is 13.7. The molecule has 4 aromatic heterocycles. The molecule has 0 spiro atoms. The molecule has 6 rings (SSSR count). The van der Waals surface area contributed by atoms with Gasteiger partial charge in [0.05, 0.1) is 29.8 Å². The zero-order chi connectivity index (χ0) is 31.2. The van der Waals surface area contributed by atoms with Crippen LogP contribution in [0.25, 0.3) is 54.1 Å². The number of fused-ring (bicyclic) bond motifs is 2. The number of rotatable bonds is 8. The fraction of sp³-hybridized carbons (Fsp3) is 0.161. The molecule has 1 N–H and O–H groups in total. The van der Waals surface area contributed by atoms with E-state index in [1.807, 2.05) is 12.1 Å². The first kappa shape index (κ1) is 29.4. The number of aromatic nitrogens is 3. The topological polar surface area (TPSA) is 128 Å². The number of carbonyl (C=O) groups excluding carboxylic acids is 1. The molecule has 13 heteroatoms. The maximum atomic E-state index is 13.7. The van der Waals surface area contributed by atoms with Crippen LogP contribution in [0.1, 0.15) is 16.1 Å². The zero-order valence-corrected chi connectivity index (χ0v) is 25.7. The van der Waals surface area contributed by atoms with E-state index >= 15 is 0 Å². The summed E-state index contributed by atoms with van der Waals surface area (Å²) in [6, 6.07) is 12.8. The number of nitrogens with zero attached hydrogens (tertiary/aromatic N) is 4. The summed E-state index contributed by atoms with van der Waals surface area (Å²) in [4.78, 5) is 28.1. The molecule has 4 heterocycles. The van der Waals surface area contributed by atoms with Crippen molar-refractivity contribution in [1.82, 2.24) is 20.3 Å². The number of amides is 1. The summed E-state index contributed by atoms with van der Waals surface area (Å²) in [5.41, 5.74) is 3.89. The number of furan rings is 1. The number of hydrogen-bond donors (Lipinski definition) is 1. The van der Waals surface area contributed by atoms with E-state index in [1.165, 1.54) is 56.0 Å². The van der Waals surface area contributed by atoms with Crippen LogP contribution < -0.4 is 9.62 Å². The van der Waals surface area contributed by atoms with Crippen LogP contribution in [0.4, 0.5) is 10.1 Å². The molecule has 6 aromatic rings. The highest BCUT2D eigenvalue weighted by Gasteiger charge is 2.26. The lowest BCUT2D eigenvalue weighted by Crippen LogP contribution is -2.25. The van der Waals surface area contributed by atoms with Gasteiger partial charge in [0.2, 0.25) is 10.0 Å². The average molecular weight is 632 g/mol. The number of hydrogen-bond acceptors (Lipinski definition) is 9. The van der Waals surface area contributed by atoms with Gasteiger partial charge in [-0.05, 0) is 42.5 Å². The summed E-state index contributed by atoms with van der Waals surface area (Å²) < 4.78 is 52.1. The Morgan fingerprint density at radius 1 is 1.07 bits per heavy atom. The molecule has 0 fully saturated rings. The highest BCUT2D eigenvalue weighted by Crippen LogP contribution is 2.43. The highest BCUT2D eigenvalue weighted by molar-refractivity contribution is 7.92. The molecular formula is C31H26FN5O5S2. The third-order valence-electron chi connectivity index (χ3n) is 7.23. The Kier molecular flexibility index (Phi) is 7.61. The molecule has 0 radical (unpaired) electrons. The summed E-state index contributed by atoms with van der Waals surface area (Å²) >= 11 is 1.48. The van der Waals surface area contributed by atoms with E-state index in [-0.39, 0.29) is 23.5 Å². The lowest BCUT2D eigenvalue weighted by molar-refractivity contribution is 0.0964. The van der Waals surface area contributed by atoms with Crippen LogP contribution in [-0.2, 0) is 21.4 Å². The van der Waals surface area contributed by atoms with Gasteiger partial charge in [0.25, 0.3) is 5.91 Å². The van der Waals surface area contributed by atoms with E-state index in [0.717, 1.165) is 31.2 Å². The van der Waals surface area contributed by atoms with Crippen molar-refractivity contribution < 1.29 is 26.8 Å². The predicted octanol–water partition coefficient (Wildman–Crippen LogP) is 5.87. The van der Waals surface area contributed by atoms with E-state index in [9.17, 15) is 17.6 Å². The number of nitrogens with one attached hydrogen (secondary N) is 1. The van der Waals surface area contributed by atoms with Gasteiger partial charge in [-0.3, -0.25) is 14.1 Å². The molecule has 0 saturated carbocycles. The lowest BCUT2D eigenvalue weighted by Gasteiger charge is -2.21. The largest absolute Gasteiger partial charge is 0.455 e. The second kappa shape index (κ2) is 11.4. The molecule has 10 nitrogen and oxygen atoms in total. The molecule has 2 aromatic carbocycles. The van der Waals surface area contributed by atoms with E-state index in [0.29, 0.717) is 33.5 Å². The number of pyridine rings is 1. The lowest BCUT2D eigenvalue weighted by atomic mass is 9.97. The third kappa shape index (κ3) is 5.29. The second-order valence-electron chi connectivity index (χ2n) is 10.0. The molecule has 0 aliphatic carbocycles. The number of carbonyl (C=O) groups is 1. The van der Waals surface area contributed by atoms with Crippen LogP contribution in [0.5, 0.6) is 0 Å². The van der Waals surface area contributed by atoms with Gasteiger partial charge in [-0.2, -0.15) is 0 Å². The van der Waals surface area contributed by atoms with Crippen LogP contribution in [0.3, 0.4) is 0 Å². The quantitative estimate of drug-likeness (QED) is 0.221. The summed E-state index contributed by atoms with van der Waals surface area (Å²) in [6.45, 7) is 0.244. The smallest absolute Gasteiger partial charge is 0.255 e. The molecule has 1 amide bonds. The monoisotopic (exact) mass is 631 g/mol. The number of thiophene rings is 1. The van der Waals surface area contributed by atoms with Crippen molar-refractivity contribution >= 4 is 54.1 Å². The molecule has 224 valence electrons. The van der Waals surface area contributed by atoms with E-state index in [2.05, 4.69) is 15.3 Å². The normalized spacial score (nSPS) is 11.8. The average Bonchev–Trinajstić information content (AvgIpc) is 3.61. The standard InChI is InChI=1S/C31H26FN5O5S2/c1-33-30(38)28-23-11-21(18-9-22(24(15-41-3)35-14-18)27-10-19-13-34-16-36-31(19)43-27)25(37(2)44(4,39)40)12-26(23)42-29(28)17-5-7-20(32)8-6-17/h5-14,16H,15H2,1-4H3,(H,33,38). The van der Waals surface area contributed by atoms with Crippen molar-refractivity contribution in [3.63, 3.8) is 0 Å². The van der Waals surface area contributed by atoms with Crippen LogP contribution in [-0.4, -0.2) is 56.7 Å². The van der Waals surface area contributed by atoms with Crippen molar-refractivity contribution in [1.29, 1.82) is 0 Å². The number of sulfonamides is 1. The Labute approximate surface area is 256 Å². The second-order valence-corrected chi connectivity index (χ2v) is 13.1. The van der Waals surface area contributed by atoms with Crippen LogP contribution in [0, 0.1) is 5.82 Å². The Hall–Kier alpha value is -4.72. The number of halogens is 1. The fourth-order valence-electron chi connectivity index (χ4n) is 4.98. The molecule has 0 atom stereocenters. The number of anilines is 1. The van der Waals surface area contributed by atoms with Gasteiger partial charge in [-0.25, -0.2) is 22.8 Å². The number of benzene rings is 2. The summed E-state index contributed by atoms with van der Waals surface area (Å²) in [6.07, 6.45) is 5.98. The van der Waals surface area contributed by atoms with Crippen LogP contribution in [0.15, 0.2) is 71.7 Å². The van der Waals surface area contributed by atoms with Gasteiger partial charge in [0, 0.05) is 77.6 Å². The highest BCUT2D eigenvalue weighted by atomic mass is 32.2. The Morgan fingerprint density at radius 2 is 1.84 bits per heavy atom. The number of ether oxygens (including phenoxy) is 1. The van der Waals surface area contributed by atoms with Crippen LogP contribution in [0.2, 0.25) is 0 Å². The van der Waals surface area contributed by atoms with Crippen molar-refractivity contribution in [3.05, 3.63) is 84.3 Å². The van der Waals surface area contributed by atoms with Crippen molar-refractivity contribution in [2.75, 3.05) is 31.8 Å². The van der Waals surface area contributed by atoms with Gasteiger partial charge >= 0.3 is 0 Å². The third-order valence-corrected chi connectivity index (χ3v) is 9.51. The van der Waals surface area contributed by atoms with Gasteiger partial charge in [-0.15, -0.1) is 11.3 Å². The van der Waals surface area contributed by atoms with E-state index < -0.39 is 21.7 Å². The minimum atomic E-state index is -3.72. The molecule has 0 saturated heterocycles. The first-order valence-corrected chi connectivity index (χ1v) is 16.0. The van der Waals surface area contributed by atoms with Gasteiger partial charge in [-0.1, -0.05) is 0 Å². The van der Waals surface area contributed by atoms with Crippen molar-refractivity contribution in [2.24, 2.45) is 0 Å². The molecule has 0 aliphatic rings. The Morgan fingerprint density at radius 3 is 2.52 bits per heavy atom. The van der Waals surface area contributed by atoms with E-state index in [1.54, 1.807) is 31.6 Å². The summed E-state index contributed by atoms with van der Waals surface area (Å²) in [5, 5.41) is 3.98. The van der Waals surface area contributed by atoms with E-state index in [4.69, 9.17) is 14.1 Å². The molecule has 0 unspecified atom stereocenters. The number of methoxy groups -OCH3 is 1. The van der Waals surface area contributed by atoms with Crippen LogP contribution >= 0.6 is 11.3 Å². The minimum absolute atomic E-state index is 0.227. The minimum Gasteiger partial charge on any atom is -0.455 e. The van der Waals surface area contributed by atoms with Crippen molar-refractivity contribution in [2.45, 2.75) is 6.61 Å². The van der Waals surface area contributed by atoms with Gasteiger partial charge < -0.3 is 14.5 Å². The fourth-order valence-corrected chi connectivity index (χ4v) is 6.50. The zero-order valence-electron chi connectivity index (χ0n) is 24.1. The Balaban J connectivity index is 1.64. The summed E-state index contributed by atoms with van der Waals surface area (Å²) in [5.74, 6) is -0.624. The molecular weight excluding hydrogens is 606 g/mol. The van der Waals surface area contributed by atoms with Gasteiger partial charge in [0.1, 0.15) is 28.3 Å². The first-order chi connectivity index (χ1) is 21.1. The molecule has 44 heavy (non-hydrogen) atoms. The molecule has 0 aliphatic heterocycles.